The van der Waals surface area contributed by atoms with E-state index >= 15 is 0 Å². The van der Waals surface area contributed by atoms with E-state index in [1.165, 1.54) is 6.42 Å². The summed E-state index contributed by atoms with van der Waals surface area (Å²) in [5.74, 6) is 0.590. The van der Waals surface area contributed by atoms with Crippen LogP contribution in [-0.2, 0) is 37.5 Å². The SMILES string of the molecule is CN1CC[C@@H](C[C-]=O)C1.[Y]. The van der Waals surface area contributed by atoms with Gasteiger partial charge in [-0.15, -0.1) is 6.42 Å². The second-order valence-corrected chi connectivity index (χ2v) is 2.77. The summed E-state index contributed by atoms with van der Waals surface area (Å²) in [6, 6.07) is 0. The van der Waals surface area contributed by atoms with Gasteiger partial charge in [0.25, 0.3) is 0 Å². The van der Waals surface area contributed by atoms with Crippen LogP contribution >= 0.6 is 0 Å². The van der Waals surface area contributed by atoms with Crippen molar-refractivity contribution in [3.8, 4) is 0 Å². The second kappa shape index (κ2) is 5.39. The molecule has 1 aliphatic rings. The third-order valence-corrected chi connectivity index (χ3v) is 1.86. The van der Waals surface area contributed by atoms with Crippen LogP contribution < -0.4 is 0 Å². The van der Waals surface area contributed by atoms with Crippen LogP contribution in [0.3, 0.4) is 0 Å². The molecule has 0 unspecified atom stereocenters. The molecule has 0 amide bonds. The van der Waals surface area contributed by atoms with E-state index in [0.29, 0.717) is 12.3 Å². The fraction of sp³-hybridized carbons (Fsp3) is 0.857. The van der Waals surface area contributed by atoms with Crippen molar-refractivity contribution < 1.29 is 37.5 Å². The summed E-state index contributed by atoms with van der Waals surface area (Å²) in [5, 5.41) is 0. The van der Waals surface area contributed by atoms with Crippen LogP contribution in [0.25, 0.3) is 0 Å². The van der Waals surface area contributed by atoms with Crippen LogP contribution in [0.1, 0.15) is 12.8 Å². The van der Waals surface area contributed by atoms with E-state index in [0.717, 1.165) is 13.1 Å². The van der Waals surface area contributed by atoms with Crippen molar-refractivity contribution in [1.82, 2.24) is 4.90 Å². The molecule has 0 aliphatic carbocycles. The topological polar surface area (TPSA) is 20.3 Å². The minimum Gasteiger partial charge on any atom is -0.542 e. The first-order chi connectivity index (χ1) is 4.33. The van der Waals surface area contributed by atoms with Gasteiger partial charge in [0, 0.05) is 32.7 Å². The smallest absolute Gasteiger partial charge is 0 e. The summed E-state index contributed by atoms with van der Waals surface area (Å²) in [5.41, 5.74) is 0. The molecule has 1 fully saturated rings. The monoisotopic (exact) mass is 215 g/mol. The van der Waals surface area contributed by atoms with Crippen LogP contribution in [0.15, 0.2) is 0 Å². The number of rotatable bonds is 2. The van der Waals surface area contributed by atoms with E-state index < -0.39 is 0 Å². The molecular weight excluding hydrogens is 203 g/mol. The van der Waals surface area contributed by atoms with Crippen LogP contribution in [0.4, 0.5) is 0 Å². The maximum absolute atomic E-state index is 9.92. The van der Waals surface area contributed by atoms with Gasteiger partial charge in [0.2, 0.25) is 0 Å². The Morgan fingerprint density at radius 1 is 1.70 bits per heavy atom. The Hall–Kier alpha value is 0.734. The van der Waals surface area contributed by atoms with Gasteiger partial charge in [-0.05, 0) is 26.6 Å². The maximum Gasteiger partial charge on any atom is 0 e. The Kier molecular flexibility index (Phi) is 5.79. The van der Waals surface area contributed by atoms with E-state index in [-0.39, 0.29) is 32.7 Å². The molecule has 10 heavy (non-hydrogen) atoms. The normalized spacial score (nSPS) is 25.9. The van der Waals surface area contributed by atoms with Crippen molar-refractivity contribution in [2.75, 3.05) is 20.1 Å². The van der Waals surface area contributed by atoms with Crippen molar-refractivity contribution in [1.29, 1.82) is 0 Å². The molecule has 1 heterocycles. The summed E-state index contributed by atoms with van der Waals surface area (Å²) in [7, 11) is 2.09. The number of hydrogen-bond donors (Lipinski definition) is 0. The van der Waals surface area contributed by atoms with Gasteiger partial charge >= 0.3 is 0 Å². The molecule has 0 aromatic carbocycles. The van der Waals surface area contributed by atoms with Gasteiger partial charge in [-0.2, -0.15) is 0 Å². The van der Waals surface area contributed by atoms with Crippen molar-refractivity contribution >= 4 is 6.29 Å². The standard InChI is InChI=1S/C7H12NO.Y/c1-8-4-2-7(6-8)3-5-9;/h7H,2-4,6H2,1H3;/q-1;/t7-;/m0./s1. The molecule has 0 spiro atoms. The van der Waals surface area contributed by atoms with E-state index in [1.54, 1.807) is 0 Å². The molecule has 0 saturated carbocycles. The molecule has 0 N–H and O–H groups in total. The fourth-order valence-electron chi connectivity index (χ4n) is 1.31. The van der Waals surface area contributed by atoms with Gasteiger partial charge in [0.1, 0.15) is 0 Å². The molecule has 1 rings (SSSR count). The third-order valence-electron chi connectivity index (χ3n) is 1.86. The van der Waals surface area contributed by atoms with Crippen LogP contribution in [-0.4, -0.2) is 31.3 Å². The van der Waals surface area contributed by atoms with E-state index in [1.807, 2.05) is 6.29 Å². The second-order valence-electron chi connectivity index (χ2n) is 2.77. The minimum atomic E-state index is 0. The van der Waals surface area contributed by atoms with E-state index in [9.17, 15) is 4.79 Å². The molecule has 55 valence electrons. The van der Waals surface area contributed by atoms with Crippen LogP contribution in [0.5, 0.6) is 0 Å². The summed E-state index contributed by atoms with van der Waals surface area (Å²) in [6.45, 7) is 2.22. The summed E-state index contributed by atoms with van der Waals surface area (Å²) in [4.78, 5) is 12.2. The maximum atomic E-state index is 9.92. The van der Waals surface area contributed by atoms with Crippen molar-refractivity contribution in [2.24, 2.45) is 5.92 Å². The average Bonchev–Trinajstić information content (AvgIpc) is 2.17. The van der Waals surface area contributed by atoms with Gasteiger partial charge in [0.05, 0.1) is 0 Å². The van der Waals surface area contributed by atoms with Gasteiger partial charge in [-0.25, -0.2) is 0 Å². The molecule has 2 nitrogen and oxygen atoms in total. The predicted molar refractivity (Wildman–Crippen MR) is 35.9 cm³/mol. The molecule has 0 aromatic heterocycles. The average molecular weight is 215 g/mol. The molecule has 3 heteroatoms. The first-order valence-corrected chi connectivity index (χ1v) is 3.36. The minimum absolute atomic E-state index is 0. The Bertz CT molecular complexity index is 108. The summed E-state index contributed by atoms with van der Waals surface area (Å²) < 4.78 is 0. The van der Waals surface area contributed by atoms with Crippen molar-refractivity contribution in [3.63, 3.8) is 0 Å². The zero-order valence-corrected chi connectivity index (χ0v) is 9.18. The first kappa shape index (κ1) is 10.7. The molecule has 1 atom stereocenters. The Morgan fingerprint density at radius 2 is 2.40 bits per heavy atom. The number of likely N-dealkylation sites (tertiary alicyclic amines) is 1. The van der Waals surface area contributed by atoms with E-state index in [4.69, 9.17) is 0 Å². The Balaban J connectivity index is 0.000000810. The number of nitrogens with zero attached hydrogens (tertiary/aromatic N) is 1. The van der Waals surface area contributed by atoms with Gasteiger partial charge in [0.15, 0.2) is 0 Å². The molecule has 0 bridgehead atoms. The fourth-order valence-corrected chi connectivity index (χ4v) is 1.31. The first-order valence-electron chi connectivity index (χ1n) is 3.36. The molecular formula is C7H12NOY-. The van der Waals surface area contributed by atoms with Crippen molar-refractivity contribution in [2.45, 2.75) is 12.8 Å². The number of carbonyl (C=O) groups excluding carboxylic acids is 1. The van der Waals surface area contributed by atoms with Crippen LogP contribution in [0.2, 0.25) is 0 Å². The van der Waals surface area contributed by atoms with Crippen molar-refractivity contribution in [3.05, 3.63) is 0 Å². The summed E-state index contributed by atoms with van der Waals surface area (Å²) in [6.07, 6.45) is 3.76. The number of hydrogen-bond acceptors (Lipinski definition) is 2. The van der Waals surface area contributed by atoms with E-state index in [2.05, 4.69) is 11.9 Å². The zero-order valence-electron chi connectivity index (χ0n) is 6.34. The Morgan fingerprint density at radius 3 is 2.80 bits per heavy atom. The van der Waals surface area contributed by atoms with Gasteiger partial charge < -0.3 is 9.69 Å². The quantitative estimate of drug-likeness (QED) is 0.623. The Labute approximate surface area is 87.2 Å². The zero-order chi connectivity index (χ0) is 6.69. The molecule has 0 aromatic rings. The molecule has 1 saturated heterocycles. The van der Waals surface area contributed by atoms with Crippen LogP contribution in [0, 0.1) is 5.92 Å². The predicted octanol–water partition coefficient (Wildman–Crippen LogP) is 0.435. The van der Waals surface area contributed by atoms with Gasteiger partial charge in [-0.3, -0.25) is 6.29 Å². The largest absolute Gasteiger partial charge is 0.542 e. The third kappa shape index (κ3) is 3.22. The molecule has 1 radical (unpaired) electrons. The van der Waals surface area contributed by atoms with Gasteiger partial charge in [-0.1, -0.05) is 5.92 Å². The molecule has 1 aliphatic heterocycles. The summed E-state index contributed by atoms with van der Waals surface area (Å²) >= 11 is 0.